The first-order chi connectivity index (χ1) is 13.8. The molecule has 1 saturated heterocycles. The minimum absolute atomic E-state index is 0.0186. The Morgan fingerprint density at radius 3 is 2.52 bits per heavy atom. The summed E-state index contributed by atoms with van der Waals surface area (Å²) >= 11 is 0. The molecule has 0 radical (unpaired) electrons. The molecule has 1 aliphatic rings. The number of hydrogen-bond donors (Lipinski definition) is 2. The molecular formula is C19H20N4O5S. The van der Waals surface area contributed by atoms with Crippen LogP contribution in [-0.4, -0.2) is 59.3 Å². The number of amides is 2. The van der Waals surface area contributed by atoms with Gasteiger partial charge in [0, 0.05) is 37.7 Å². The average molecular weight is 416 g/mol. The Balaban J connectivity index is 1.84. The normalized spacial score (nSPS) is 17.5. The Labute approximate surface area is 168 Å². The van der Waals surface area contributed by atoms with E-state index in [0.29, 0.717) is 11.3 Å². The molecule has 152 valence electrons. The molecule has 1 aromatic carbocycles. The summed E-state index contributed by atoms with van der Waals surface area (Å²) in [6.45, 7) is 3.43. The maximum atomic E-state index is 13.1. The first-order valence-electron chi connectivity index (χ1n) is 8.76. The second-order valence-corrected chi connectivity index (χ2v) is 8.30. The molecule has 1 aliphatic heterocycles. The predicted octanol–water partition coefficient (Wildman–Crippen LogP) is 1.93. The molecule has 2 aromatic rings. The van der Waals surface area contributed by atoms with Gasteiger partial charge in [0.2, 0.25) is 15.9 Å². The fraction of sp³-hybridized carbons (Fsp3) is 0.211. The van der Waals surface area contributed by atoms with Gasteiger partial charge in [-0.1, -0.05) is 12.6 Å². The highest BCUT2D eigenvalue weighted by atomic mass is 32.2. The number of benzene rings is 1. The van der Waals surface area contributed by atoms with Gasteiger partial charge in [0.1, 0.15) is 0 Å². The van der Waals surface area contributed by atoms with Crippen LogP contribution in [-0.2, 0) is 14.8 Å². The summed E-state index contributed by atoms with van der Waals surface area (Å²) in [5, 5.41) is 12.0. The molecule has 10 heteroatoms. The number of rotatable bonds is 5. The van der Waals surface area contributed by atoms with Gasteiger partial charge >= 0.3 is 6.09 Å². The first-order valence-corrected chi connectivity index (χ1v) is 10.2. The monoisotopic (exact) mass is 416 g/mol. The number of nitrogens with zero attached hydrogens (tertiary/aromatic N) is 3. The number of nitrogens with one attached hydrogen (secondary N) is 1. The summed E-state index contributed by atoms with van der Waals surface area (Å²) in [4.78, 5) is 28.3. The van der Waals surface area contributed by atoms with E-state index in [1.54, 1.807) is 18.3 Å². The van der Waals surface area contributed by atoms with Crippen molar-refractivity contribution in [1.29, 1.82) is 0 Å². The standard InChI is InChI=1S/C19H20N4O5S/c1-2-18(24)21-15-5-7-16(8-6-15)29(27,28)22-10-11-23(19(25)26)17(13-22)14-4-3-9-20-12-14/h2-9,12,17H,1,10-11,13H2,(H,21,24)(H,25,26). The molecule has 1 unspecified atom stereocenters. The summed E-state index contributed by atoms with van der Waals surface area (Å²) < 4.78 is 27.4. The van der Waals surface area contributed by atoms with Crippen molar-refractivity contribution in [3.8, 4) is 0 Å². The van der Waals surface area contributed by atoms with Crippen molar-refractivity contribution in [2.45, 2.75) is 10.9 Å². The van der Waals surface area contributed by atoms with E-state index in [-0.39, 0.29) is 24.5 Å². The van der Waals surface area contributed by atoms with Crippen molar-refractivity contribution in [1.82, 2.24) is 14.2 Å². The Bertz CT molecular complexity index is 1010. The predicted molar refractivity (Wildman–Crippen MR) is 106 cm³/mol. The average Bonchev–Trinajstić information content (AvgIpc) is 2.74. The smallest absolute Gasteiger partial charge is 0.407 e. The molecule has 0 aliphatic carbocycles. The molecule has 0 bridgehead atoms. The highest BCUT2D eigenvalue weighted by Gasteiger charge is 2.37. The molecule has 2 N–H and O–H groups in total. The zero-order chi connectivity index (χ0) is 21.0. The fourth-order valence-electron chi connectivity index (χ4n) is 3.12. The van der Waals surface area contributed by atoms with Crippen LogP contribution in [0.1, 0.15) is 11.6 Å². The van der Waals surface area contributed by atoms with Crippen molar-refractivity contribution in [3.05, 3.63) is 67.0 Å². The van der Waals surface area contributed by atoms with E-state index in [2.05, 4.69) is 16.9 Å². The summed E-state index contributed by atoms with van der Waals surface area (Å²) in [5.41, 5.74) is 1.06. The van der Waals surface area contributed by atoms with E-state index in [9.17, 15) is 23.1 Å². The van der Waals surface area contributed by atoms with E-state index in [1.807, 2.05) is 0 Å². The van der Waals surface area contributed by atoms with E-state index in [0.717, 1.165) is 6.08 Å². The zero-order valence-corrected chi connectivity index (χ0v) is 16.2. The quantitative estimate of drug-likeness (QED) is 0.719. The molecular weight excluding hydrogens is 396 g/mol. The molecule has 1 aromatic heterocycles. The third-order valence-electron chi connectivity index (χ3n) is 4.60. The van der Waals surface area contributed by atoms with Crippen molar-refractivity contribution >= 4 is 27.7 Å². The molecule has 3 rings (SSSR count). The van der Waals surface area contributed by atoms with Crippen LogP contribution >= 0.6 is 0 Å². The van der Waals surface area contributed by atoms with E-state index >= 15 is 0 Å². The number of aromatic nitrogens is 1. The number of hydrogen-bond acceptors (Lipinski definition) is 5. The van der Waals surface area contributed by atoms with Crippen LogP contribution in [0.2, 0.25) is 0 Å². The van der Waals surface area contributed by atoms with Gasteiger partial charge in [-0.3, -0.25) is 14.7 Å². The maximum Gasteiger partial charge on any atom is 0.407 e. The van der Waals surface area contributed by atoms with Gasteiger partial charge < -0.3 is 10.4 Å². The van der Waals surface area contributed by atoms with Crippen LogP contribution in [0.15, 0.2) is 66.3 Å². The van der Waals surface area contributed by atoms with Gasteiger partial charge in [0.05, 0.1) is 10.9 Å². The van der Waals surface area contributed by atoms with Crippen molar-refractivity contribution < 1.29 is 23.1 Å². The highest BCUT2D eigenvalue weighted by Crippen LogP contribution is 2.29. The number of anilines is 1. The molecule has 29 heavy (non-hydrogen) atoms. The van der Waals surface area contributed by atoms with Gasteiger partial charge in [-0.2, -0.15) is 4.31 Å². The van der Waals surface area contributed by atoms with Crippen LogP contribution in [0, 0.1) is 0 Å². The third kappa shape index (κ3) is 4.44. The van der Waals surface area contributed by atoms with Gasteiger partial charge in [-0.05, 0) is 42.0 Å². The van der Waals surface area contributed by atoms with Crippen molar-refractivity contribution in [2.24, 2.45) is 0 Å². The lowest BCUT2D eigenvalue weighted by Crippen LogP contribution is -2.51. The van der Waals surface area contributed by atoms with E-state index in [4.69, 9.17) is 0 Å². The second-order valence-electron chi connectivity index (χ2n) is 6.36. The van der Waals surface area contributed by atoms with Crippen LogP contribution in [0.3, 0.4) is 0 Å². The lowest BCUT2D eigenvalue weighted by atomic mass is 10.1. The molecule has 1 atom stereocenters. The largest absolute Gasteiger partial charge is 0.465 e. The Hall–Kier alpha value is -3.24. The van der Waals surface area contributed by atoms with Gasteiger partial charge in [-0.15, -0.1) is 0 Å². The number of carbonyl (C=O) groups is 2. The van der Waals surface area contributed by atoms with Crippen LogP contribution in [0.5, 0.6) is 0 Å². The molecule has 1 fully saturated rings. The minimum Gasteiger partial charge on any atom is -0.465 e. The van der Waals surface area contributed by atoms with Crippen LogP contribution in [0.4, 0.5) is 10.5 Å². The minimum atomic E-state index is -3.84. The molecule has 2 amide bonds. The van der Waals surface area contributed by atoms with E-state index < -0.39 is 28.1 Å². The van der Waals surface area contributed by atoms with Gasteiger partial charge in [-0.25, -0.2) is 13.2 Å². The summed E-state index contributed by atoms with van der Waals surface area (Å²) in [6.07, 6.45) is 3.11. The van der Waals surface area contributed by atoms with Crippen LogP contribution < -0.4 is 5.32 Å². The first kappa shape index (κ1) is 20.5. The summed E-state index contributed by atoms with van der Waals surface area (Å²) in [5.74, 6) is -0.398. The summed E-state index contributed by atoms with van der Waals surface area (Å²) in [6, 6.07) is 8.52. The molecule has 9 nitrogen and oxygen atoms in total. The Morgan fingerprint density at radius 1 is 1.21 bits per heavy atom. The van der Waals surface area contributed by atoms with Crippen LogP contribution in [0.25, 0.3) is 0 Å². The SMILES string of the molecule is C=CC(=O)Nc1ccc(S(=O)(=O)N2CCN(C(=O)O)C(c3cccnc3)C2)cc1. The van der Waals surface area contributed by atoms with Crippen molar-refractivity contribution in [2.75, 3.05) is 25.0 Å². The lowest BCUT2D eigenvalue weighted by molar-refractivity contribution is -0.111. The van der Waals surface area contributed by atoms with Crippen molar-refractivity contribution in [3.63, 3.8) is 0 Å². The van der Waals surface area contributed by atoms with Gasteiger partial charge in [0.25, 0.3) is 0 Å². The fourth-order valence-corrected chi connectivity index (χ4v) is 4.55. The summed E-state index contributed by atoms with van der Waals surface area (Å²) in [7, 11) is -3.84. The second kappa shape index (κ2) is 8.41. The number of carboxylic acid groups (broad SMARTS) is 1. The number of pyridine rings is 1. The number of piperazine rings is 1. The number of sulfonamides is 1. The Morgan fingerprint density at radius 2 is 1.93 bits per heavy atom. The third-order valence-corrected chi connectivity index (χ3v) is 6.48. The highest BCUT2D eigenvalue weighted by molar-refractivity contribution is 7.89. The topological polar surface area (TPSA) is 120 Å². The number of carbonyl (C=O) groups excluding carboxylic acids is 1. The molecule has 2 heterocycles. The lowest BCUT2D eigenvalue weighted by Gasteiger charge is -2.39. The maximum absolute atomic E-state index is 13.1. The molecule has 0 spiro atoms. The Kier molecular flexibility index (Phi) is 5.95. The molecule has 0 saturated carbocycles. The zero-order valence-electron chi connectivity index (χ0n) is 15.4. The van der Waals surface area contributed by atoms with Gasteiger partial charge in [0.15, 0.2) is 0 Å². The van der Waals surface area contributed by atoms with E-state index in [1.165, 1.54) is 39.7 Å².